The SMILES string of the molecule is COc1ccc(N(C)C(=O)Nc2cc3cccnc3c3cccnc23)cc1. The number of urea groups is 1. The van der Waals surface area contributed by atoms with E-state index in [4.69, 9.17) is 4.74 Å². The highest BCUT2D eigenvalue weighted by Gasteiger charge is 2.15. The first-order valence-corrected chi connectivity index (χ1v) is 8.48. The number of pyridine rings is 2. The lowest BCUT2D eigenvalue weighted by molar-refractivity contribution is 0.258. The van der Waals surface area contributed by atoms with Crippen molar-refractivity contribution in [3.8, 4) is 5.75 Å². The van der Waals surface area contributed by atoms with Crippen molar-refractivity contribution in [2.24, 2.45) is 0 Å². The van der Waals surface area contributed by atoms with E-state index in [2.05, 4.69) is 15.3 Å². The molecule has 0 aliphatic carbocycles. The van der Waals surface area contributed by atoms with Gasteiger partial charge in [0.1, 0.15) is 5.75 Å². The van der Waals surface area contributed by atoms with E-state index in [-0.39, 0.29) is 6.03 Å². The predicted molar refractivity (Wildman–Crippen MR) is 107 cm³/mol. The molecule has 1 N–H and O–H groups in total. The molecule has 134 valence electrons. The molecule has 2 aromatic carbocycles. The van der Waals surface area contributed by atoms with Crippen molar-refractivity contribution in [3.63, 3.8) is 0 Å². The van der Waals surface area contributed by atoms with Crippen LogP contribution < -0.4 is 15.0 Å². The Hall–Kier alpha value is -3.67. The Morgan fingerprint density at radius 3 is 2.44 bits per heavy atom. The Bertz CT molecular complexity index is 1130. The van der Waals surface area contributed by atoms with Crippen LogP contribution in [0.2, 0.25) is 0 Å². The molecule has 6 nitrogen and oxygen atoms in total. The van der Waals surface area contributed by atoms with Gasteiger partial charge in [0, 0.05) is 35.9 Å². The van der Waals surface area contributed by atoms with Gasteiger partial charge in [-0.05, 0) is 48.5 Å². The van der Waals surface area contributed by atoms with E-state index in [1.165, 1.54) is 0 Å². The number of ether oxygens (including phenoxy) is 1. The van der Waals surface area contributed by atoms with Crippen LogP contribution in [0.4, 0.5) is 16.2 Å². The van der Waals surface area contributed by atoms with Crippen LogP contribution in [0, 0.1) is 0 Å². The summed E-state index contributed by atoms with van der Waals surface area (Å²) in [6.45, 7) is 0. The van der Waals surface area contributed by atoms with Crippen LogP contribution in [0.3, 0.4) is 0 Å². The number of aromatic nitrogens is 2. The first-order valence-electron chi connectivity index (χ1n) is 8.48. The third-order valence-corrected chi connectivity index (χ3v) is 4.46. The van der Waals surface area contributed by atoms with E-state index in [1.807, 2.05) is 54.6 Å². The number of carbonyl (C=O) groups excluding carboxylic acids is 1. The van der Waals surface area contributed by atoms with Crippen molar-refractivity contribution in [1.82, 2.24) is 9.97 Å². The van der Waals surface area contributed by atoms with E-state index in [0.29, 0.717) is 11.2 Å². The molecule has 4 aromatic rings. The van der Waals surface area contributed by atoms with Crippen molar-refractivity contribution >= 4 is 39.2 Å². The second-order valence-electron chi connectivity index (χ2n) is 6.09. The zero-order valence-electron chi connectivity index (χ0n) is 15.0. The van der Waals surface area contributed by atoms with E-state index in [1.54, 1.807) is 31.5 Å². The molecular weight excluding hydrogens is 340 g/mol. The van der Waals surface area contributed by atoms with Gasteiger partial charge in [0.05, 0.1) is 23.8 Å². The van der Waals surface area contributed by atoms with Gasteiger partial charge >= 0.3 is 6.03 Å². The van der Waals surface area contributed by atoms with Crippen molar-refractivity contribution in [3.05, 3.63) is 67.0 Å². The van der Waals surface area contributed by atoms with Gasteiger partial charge in [-0.1, -0.05) is 6.07 Å². The number of benzene rings is 2. The third-order valence-electron chi connectivity index (χ3n) is 4.46. The fourth-order valence-corrected chi connectivity index (χ4v) is 3.01. The molecule has 6 heteroatoms. The second kappa shape index (κ2) is 6.92. The molecule has 0 saturated carbocycles. The summed E-state index contributed by atoms with van der Waals surface area (Å²) >= 11 is 0. The minimum absolute atomic E-state index is 0.254. The number of methoxy groups -OCH3 is 1. The highest BCUT2D eigenvalue weighted by molar-refractivity contribution is 6.13. The second-order valence-corrected chi connectivity index (χ2v) is 6.09. The molecule has 0 radical (unpaired) electrons. The lowest BCUT2D eigenvalue weighted by Crippen LogP contribution is -2.31. The number of hydrogen-bond donors (Lipinski definition) is 1. The molecule has 2 amide bonds. The summed E-state index contributed by atoms with van der Waals surface area (Å²) in [7, 11) is 3.33. The molecule has 0 aliphatic heterocycles. The van der Waals surface area contributed by atoms with Crippen LogP contribution >= 0.6 is 0 Å². The summed E-state index contributed by atoms with van der Waals surface area (Å²) in [5.74, 6) is 0.741. The number of nitrogens with one attached hydrogen (secondary N) is 1. The largest absolute Gasteiger partial charge is 0.497 e. The van der Waals surface area contributed by atoms with E-state index in [0.717, 1.165) is 27.7 Å². The molecule has 0 saturated heterocycles. The molecule has 2 aromatic heterocycles. The van der Waals surface area contributed by atoms with Crippen LogP contribution in [0.25, 0.3) is 21.8 Å². The maximum absolute atomic E-state index is 12.8. The molecule has 4 rings (SSSR count). The molecule has 0 spiro atoms. The maximum atomic E-state index is 12.8. The Morgan fingerprint density at radius 2 is 1.70 bits per heavy atom. The van der Waals surface area contributed by atoms with Crippen LogP contribution in [-0.4, -0.2) is 30.2 Å². The van der Waals surface area contributed by atoms with Crippen LogP contribution in [-0.2, 0) is 0 Å². The molecule has 27 heavy (non-hydrogen) atoms. The van der Waals surface area contributed by atoms with Gasteiger partial charge in [-0.3, -0.25) is 14.9 Å². The molecular formula is C21H18N4O2. The number of nitrogens with zero attached hydrogens (tertiary/aromatic N) is 3. The first-order chi connectivity index (χ1) is 13.2. The average molecular weight is 358 g/mol. The van der Waals surface area contributed by atoms with E-state index in [9.17, 15) is 4.79 Å². The van der Waals surface area contributed by atoms with Gasteiger partial charge in [0.25, 0.3) is 0 Å². The van der Waals surface area contributed by atoms with Crippen molar-refractivity contribution < 1.29 is 9.53 Å². The number of rotatable bonds is 3. The fraction of sp³-hybridized carbons (Fsp3) is 0.0952. The topological polar surface area (TPSA) is 67.3 Å². The van der Waals surface area contributed by atoms with Crippen LogP contribution in [0.15, 0.2) is 67.0 Å². The molecule has 0 aliphatic rings. The number of hydrogen-bond acceptors (Lipinski definition) is 4. The lowest BCUT2D eigenvalue weighted by atomic mass is 10.1. The summed E-state index contributed by atoms with van der Waals surface area (Å²) in [4.78, 5) is 23.2. The van der Waals surface area contributed by atoms with Crippen molar-refractivity contribution in [2.75, 3.05) is 24.4 Å². The Kier molecular flexibility index (Phi) is 4.30. The third kappa shape index (κ3) is 3.13. The van der Waals surface area contributed by atoms with Crippen molar-refractivity contribution in [1.29, 1.82) is 0 Å². The summed E-state index contributed by atoms with van der Waals surface area (Å²) in [6, 6.07) is 16.6. The van der Waals surface area contributed by atoms with E-state index >= 15 is 0 Å². The van der Waals surface area contributed by atoms with Gasteiger partial charge in [-0.15, -0.1) is 0 Å². The first kappa shape index (κ1) is 16.8. The maximum Gasteiger partial charge on any atom is 0.326 e. The fourth-order valence-electron chi connectivity index (χ4n) is 3.01. The Morgan fingerprint density at radius 1 is 1.00 bits per heavy atom. The lowest BCUT2D eigenvalue weighted by Gasteiger charge is -2.19. The van der Waals surface area contributed by atoms with Crippen LogP contribution in [0.5, 0.6) is 5.75 Å². The number of amides is 2. The van der Waals surface area contributed by atoms with Gasteiger partial charge < -0.3 is 10.1 Å². The molecule has 0 bridgehead atoms. The number of anilines is 2. The van der Waals surface area contributed by atoms with E-state index < -0.39 is 0 Å². The zero-order chi connectivity index (χ0) is 18.8. The standard InChI is InChI=1S/C21H18N4O2/c1-25(15-7-9-16(27-2)10-8-15)21(26)24-18-13-14-5-3-11-22-19(14)17-6-4-12-23-20(17)18/h3-13H,1-2H3,(H,24,26). The highest BCUT2D eigenvalue weighted by atomic mass is 16.5. The van der Waals surface area contributed by atoms with Crippen LogP contribution in [0.1, 0.15) is 0 Å². The minimum atomic E-state index is -0.254. The predicted octanol–water partition coefficient (Wildman–Crippen LogP) is 4.46. The summed E-state index contributed by atoms with van der Waals surface area (Å²) in [5.41, 5.74) is 2.98. The van der Waals surface area contributed by atoms with Crippen molar-refractivity contribution in [2.45, 2.75) is 0 Å². The average Bonchev–Trinajstić information content (AvgIpc) is 2.73. The van der Waals surface area contributed by atoms with Gasteiger partial charge in [0.2, 0.25) is 0 Å². The number of carbonyl (C=O) groups is 1. The Balaban J connectivity index is 1.70. The summed E-state index contributed by atoms with van der Waals surface area (Å²) in [5, 5.41) is 4.82. The summed E-state index contributed by atoms with van der Waals surface area (Å²) in [6.07, 6.45) is 3.46. The molecule has 2 heterocycles. The summed E-state index contributed by atoms with van der Waals surface area (Å²) < 4.78 is 5.16. The Labute approximate surface area is 156 Å². The zero-order valence-corrected chi connectivity index (χ0v) is 15.0. The minimum Gasteiger partial charge on any atom is -0.497 e. The monoisotopic (exact) mass is 358 g/mol. The molecule has 0 fully saturated rings. The van der Waals surface area contributed by atoms with Gasteiger partial charge in [0.15, 0.2) is 0 Å². The molecule has 0 atom stereocenters. The quantitative estimate of drug-likeness (QED) is 0.549. The van der Waals surface area contributed by atoms with Gasteiger partial charge in [-0.25, -0.2) is 4.79 Å². The smallest absolute Gasteiger partial charge is 0.326 e. The number of fused-ring (bicyclic) bond motifs is 3. The molecule has 0 unspecified atom stereocenters. The highest BCUT2D eigenvalue weighted by Crippen LogP contribution is 2.29. The normalized spacial score (nSPS) is 10.7. The van der Waals surface area contributed by atoms with Gasteiger partial charge in [-0.2, -0.15) is 0 Å².